The van der Waals surface area contributed by atoms with E-state index < -0.39 is 0 Å². The number of nitrogens with one attached hydrogen (secondary N) is 1. The third-order valence-corrected chi connectivity index (χ3v) is 4.69. The number of carbonyl (C=O) groups excluding carboxylic acids is 1. The Balaban J connectivity index is 1.75. The molecule has 0 unspecified atom stereocenters. The molecule has 7 nitrogen and oxygen atoms in total. The van der Waals surface area contributed by atoms with Crippen LogP contribution in [0, 0.1) is 12.8 Å². The van der Waals surface area contributed by atoms with Crippen LogP contribution >= 0.6 is 0 Å². The van der Waals surface area contributed by atoms with Crippen molar-refractivity contribution in [3.63, 3.8) is 0 Å². The molecule has 0 saturated carbocycles. The number of amides is 1. The number of aliphatic hydroxyl groups excluding tert-OH is 1. The van der Waals surface area contributed by atoms with Crippen LogP contribution in [0.15, 0.2) is 10.6 Å². The van der Waals surface area contributed by atoms with Gasteiger partial charge in [0.2, 0.25) is 11.8 Å². The maximum absolute atomic E-state index is 12.3. The first-order valence-electron chi connectivity index (χ1n) is 8.70. The van der Waals surface area contributed by atoms with Crippen molar-refractivity contribution in [1.82, 2.24) is 15.0 Å². The van der Waals surface area contributed by atoms with E-state index in [1.54, 1.807) is 6.07 Å². The molecule has 1 fully saturated rings. The summed E-state index contributed by atoms with van der Waals surface area (Å²) in [7, 11) is 1.98. The van der Waals surface area contributed by atoms with Gasteiger partial charge >= 0.3 is 0 Å². The molecule has 0 spiro atoms. The molecule has 1 saturated heterocycles. The van der Waals surface area contributed by atoms with E-state index in [9.17, 15) is 9.90 Å². The summed E-state index contributed by atoms with van der Waals surface area (Å²) in [6, 6.07) is 1.48. The van der Waals surface area contributed by atoms with Crippen LogP contribution in [0.2, 0.25) is 0 Å². The Morgan fingerprint density at radius 3 is 2.71 bits per heavy atom. The zero-order valence-corrected chi connectivity index (χ0v) is 15.2. The van der Waals surface area contributed by atoms with E-state index in [4.69, 9.17) is 4.52 Å². The second kappa shape index (κ2) is 8.60. The van der Waals surface area contributed by atoms with E-state index in [2.05, 4.69) is 20.3 Å². The zero-order chi connectivity index (χ0) is 17.7. The summed E-state index contributed by atoms with van der Waals surface area (Å²) in [6.07, 6.45) is 1.94. The molecule has 0 aliphatic carbocycles. The Kier molecular flexibility index (Phi) is 6.77. The predicted octanol–water partition coefficient (Wildman–Crippen LogP) is 1.33. The van der Waals surface area contributed by atoms with Crippen LogP contribution in [0.5, 0.6) is 0 Å². The van der Waals surface area contributed by atoms with E-state index in [1.807, 2.05) is 27.8 Å². The van der Waals surface area contributed by atoms with Crippen LogP contribution < -0.4 is 5.32 Å². The Bertz CT molecular complexity index is 524. The van der Waals surface area contributed by atoms with Crippen LogP contribution in [-0.4, -0.2) is 71.3 Å². The number of likely N-dealkylation sites (tertiary alicyclic amines) is 1. The van der Waals surface area contributed by atoms with E-state index in [0.29, 0.717) is 11.8 Å². The molecule has 1 amide bonds. The van der Waals surface area contributed by atoms with Crippen molar-refractivity contribution < 1.29 is 14.4 Å². The van der Waals surface area contributed by atoms with Gasteiger partial charge in [0, 0.05) is 19.2 Å². The highest BCUT2D eigenvalue weighted by Gasteiger charge is 2.25. The fourth-order valence-electron chi connectivity index (χ4n) is 3.14. The van der Waals surface area contributed by atoms with Gasteiger partial charge < -0.3 is 14.5 Å². The molecule has 7 heteroatoms. The van der Waals surface area contributed by atoms with Gasteiger partial charge in [0.1, 0.15) is 0 Å². The smallest absolute Gasteiger partial charge is 0.243 e. The van der Waals surface area contributed by atoms with E-state index in [1.165, 1.54) is 0 Å². The summed E-state index contributed by atoms with van der Waals surface area (Å²) in [4.78, 5) is 16.7. The van der Waals surface area contributed by atoms with Crippen LogP contribution in [-0.2, 0) is 4.79 Å². The number of carbonyl (C=O) groups is 1. The zero-order valence-electron chi connectivity index (χ0n) is 15.2. The number of hydrogen-bond acceptors (Lipinski definition) is 6. The molecule has 2 atom stereocenters. The highest BCUT2D eigenvalue weighted by atomic mass is 16.5. The molecule has 0 aromatic carbocycles. The maximum atomic E-state index is 12.3. The monoisotopic (exact) mass is 338 g/mol. The lowest BCUT2D eigenvalue weighted by molar-refractivity contribution is -0.120. The van der Waals surface area contributed by atoms with Gasteiger partial charge in [0.05, 0.1) is 17.8 Å². The van der Waals surface area contributed by atoms with Gasteiger partial charge in [-0.2, -0.15) is 0 Å². The number of piperidine rings is 1. The number of hydrogen-bond donors (Lipinski definition) is 2. The number of β-amino-alcohol motifs (C(OH)–C–C–N with tert-alkyl or cyclic N) is 1. The minimum absolute atomic E-state index is 0.0832. The number of anilines is 1. The minimum Gasteiger partial charge on any atom is -0.392 e. The molecule has 0 radical (unpaired) electrons. The molecule has 1 aromatic rings. The van der Waals surface area contributed by atoms with Crippen molar-refractivity contribution in [3.8, 4) is 0 Å². The number of nitrogens with zero attached hydrogens (tertiary/aromatic N) is 3. The molecular weight excluding hydrogens is 308 g/mol. The molecule has 0 bridgehead atoms. The Labute approximate surface area is 144 Å². The number of rotatable bonds is 7. The van der Waals surface area contributed by atoms with Crippen LogP contribution in [0.3, 0.4) is 0 Å². The summed E-state index contributed by atoms with van der Waals surface area (Å²) in [5, 5.41) is 16.0. The topological polar surface area (TPSA) is 81.8 Å². The molecule has 1 aliphatic heterocycles. The summed E-state index contributed by atoms with van der Waals surface area (Å²) in [5.41, 5.74) is 0.746. The quantitative estimate of drug-likeness (QED) is 0.781. The lowest BCUT2D eigenvalue weighted by Crippen LogP contribution is -2.45. The SMILES string of the molecule is Cc1cc(NC(=O)[C@@H](C)N(C)CC2CCN(C[C@@H](C)O)CC2)on1. The van der Waals surface area contributed by atoms with Gasteiger partial charge in [-0.25, -0.2) is 0 Å². The fourth-order valence-corrected chi connectivity index (χ4v) is 3.14. The lowest BCUT2D eigenvalue weighted by Gasteiger charge is -2.35. The molecule has 2 rings (SSSR count). The first-order chi connectivity index (χ1) is 11.3. The van der Waals surface area contributed by atoms with Crippen molar-refractivity contribution in [2.45, 2.75) is 45.8 Å². The molecule has 2 N–H and O–H groups in total. The highest BCUT2D eigenvalue weighted by molar-refractivity contribution is 5.93. The third kappa shape index (κ3) is 5.58. The normalized spacial score (nSPS) is 19.4. The second-order valence-corrected chi connectivity index (χ2v) is 7.03. The Morgan fingerprint density at radius 1 is 1.50 bits per heavy atom. The molecule has 2 heterocycles. The van der Waals surface area contributed by atoms with Gasteiger partial charge in [0.25, 0.3) is 0 Å². The minimum atomic E-state index is -0.271. The number of aryl methyl sites for hydroxylation is 1. The van der Waals surface area contributed by atoms with E-state index in [0.717, 1.165) is 44.7 Å². The summed E-state index contributed by atoms with van der Waals surface area (Å²) < 4.78 is 5.03. The second-order valence-electron chi connectivity index (χ2n) is 7.03. The van der Waals surface area contributed by atoms with Crippen molar-refractivity contribution in [2.24, 2.45) is 5.92 Å². The van der Waals surface area contributed by atoms with Crippen LogP contribution in [0.4, 0.5) is 5.88 Å². The number of likely N-dealkylation sites (N-methyl/N-ethyl adjacent to an activating group) is 1. The number of aromatic nitrogens is 1. The molecule has 24 heavy (non-hydrogen) atoms. The highest BCUT2D eigenvalue weighted by Crippen LogP contribution is 2.19. The third-order valence-electron chi connectivity index (χ3n) is 4.69. The summed E-state index contributed by atoms with van der Waals surface area (Å²) in [6.45, 7) is 9.23. The lowest BCUT2D eigenvalue weighted by atomic mass is 9.95. The molecular formula is C17H30N4O3. The average Bonchev–Trinajstić information content (AvgIpc) is 2.93. The molecule has 136 valence electrons. The van der Waals surface area contributed by atoms with Crippen LogP contribution in [0.1, 0.15) is 32.4 Å². The summed E-state index contributed by atoms with van der Waals surface area (Å²) >= 11 is 0. The van der Waals surface area contributed by atoms with Gasteiger partial charge in [-0.15, -0.1) is 0 Å². The van der Waals surface area contributed by atoms with Gasteiger partial charge in [0.15, 0.2) is 0 Å². The summed E-state index contributed by atoms with van der Waals surface area (Å²) in [5.74, 6) is 0.896. The van der Waals surface area contributed by atoms with Gasteiger partial charge in [-0.05, 0) is 59.7 Å². The first kappa shape index (κ1) is 18.9. The largest absolute Gasteiger partial charge is 0.392 e. The Morgan fingerprint density at radius 2 is 2.17 bits per heavy atom. The standard InChI is InChI=1S/C17H30N4O3/c1-12-9-16(24-19-12)18-17(23)14(3)20(4)11-15-5-7-21(8-6-15)10-13(2)22/h9,13-15,22H,5-8,10-11H2,1-4H3,(H,18,23)/t13-,14-/m1/s1. The van der Waals surface area contributed by atoms with Crippen molar-refractivity contribution >= 4 is 11.8 Å². The Hall–Kier alpha value is -1.44. The van der Waals surface area contributed by atoms with E-state index >= 15 is 0 Å². The molecule has 1 aromatic heterocycles. The average molecular weight is 338 g/mol. The van der Waals surface area contributed by atoms with Gasteiger partial charge in [-0.3, -0.25) is 15.0 Å². The molecule has 1 aliphatic rings. The number of aliphatic hydroxyl groups is 1. The predicted molar refractivity (Wildman–Crippen MR) is 92.8 cm³/mol. The van der Waals surface area contributed by atoms with Crippen molar-refractivity contribution in [1.29, 1.82) is 0 Å². The van der Waals surface area contributed by atoms with Crippen molar-refractivity contribution in [2.75, 3.05) is 38.5 Å². The van der Waals surface area contributed by atoms with Crippen LogP contribution in [0.25, 0.3) is 0 Å². The fraction of sp³-hybridized carbons (Fsp3) is 0.765. The van der Waals surface area contributed by atoms with E-state index in [-0.39, 0.29) is 18.1 Å². The van der Waals surface area contributed by atoms with Gasteiger partial charge in [-0.1, -0.05) is 5.16 Å². The first-order valence-corrected chi connectivity index (χ1v) is 8.70. The maximum Gasteiger partial charge on any atom is 0.243 e. The van der Waals surface area contributed by atoms with Crippen molar-refractivity contribution in [3.05, 3.63) is 11.8 Å².